The first-order valence-corrected chi connectivity index (χ1v) is 5.69. The first kappa shape index (κ1) is 8.24. The van der Waals surface area contributed by atoms with Gasteiger partial charge < -0.3 is 0 Å². The van der Waals surface area contributed by atoms with E-state index in [9.17, 15) is 0 Å². The molecule has 12 heavy (non-hydrogen) atoms. The Morgan fingerprint density at radius 1 is 1.58 bits per heavy atom. The first-order valence-electron chi connectivity index (χ1n) is 4.81. The van der Waals surface area contributed by atoms with Crippen molar-refractivity contribution in [3.05, 3.63) is 16.1 Å². The zero-order chi connectivity index (χ0) is 8.39. The molecule has 66 valence electrons. The van der Waals surface area contributed by atoms with Gasteiger partial charge in [-0.15, -0.1) is 11.3 Å². The summed E-state index contributed by atoms with van der Waals surface area (Å²) >= 11 is 1.81. The normalized spacial score (nSPS) is 17.8. The van der Waals surface area contributed by atoms with Crippen LogP contribution in [0.4, 0.5) is 0 Å². The molecule has 1 saturated carbocycles. The Kier molecular flexibility index (Phi) is 2.45. The van der Waals surface area contributed by atoms with E-state index in [-0.39, 0.29) is 0 Å². The summed E-state index contributed by atoms with van der Waals surface area (Å²) in [6.45, 7) is 2.22. The molecule has 1 heterocycles. The summed E-state index contributed by atoms with van der Waals surface area (Å²) in [4.78, 5) is 5.93. The van der Waals surface area contributed by atoms with E-state index in [1.54, 1.807) is 0 Å². The zero-order valence-corrected chi connectivity index (χ0v) is 8.36. The number of nitrogens with zero attached hydrogens (tertiary/aromatic N) is 1. The van der Waals surface area contributed by atoms with Crippen molar-refractivity contribution in [1.29, 1.82) is 0 Å². The Balaban J connectivity index is 2.00. The molecule has 1 aromatic rings. The lowest BCUT2D eigenvalue weighted by Crippen LogP contribution is -2.14. The molecule has 2 rings (SSSR count). The van der Waals surface area contributed by atoms with Crippen LogP contribution in [0.25, 0.3) is 0 Å². The summed E-state index contributed by atoms with van der Waals surface area (Å²) in [5.41, 5.74) is 3.37. The smallest absolute Gasteiger partial charge is 0.0797 e. The van der Waals surface area contributed by atoms with Crippen molar-refractivity contribution in [2.75, 3.05) is 0 Å². The van der Waals surface area contributed by atoms with Gasteiger partial charge in [-0.25, -0.2) is 4.98 Å². The number of hydrogen-bond donors (Lipinski definition) is 0. The average Bonchev–Trinajstić information content (AvgIpc) is 2.43. The molecule has 0 aromatic carbocycles. The molecule has 0 N–H and O–H groups in total. The van der Waals surface area contributed by atoms with Crippen LogP contribution >= 0.6 is 11.3 Å². The molecule has 0 bridgehead atoms. The van der Waals surface area contributed by atoms with Crippen molar-refractivity contribution in [1.82, 2.24) is 4.98 Å². The van der Waals surface area contributed by atoms with E-state index in [1.165, 1.54) is 36.3 Å². The third-order valence-corrected chi connectivity index (χ3v) is 3.77. The predicted molar refractivity (Wildman–Crippen MR) is 52.5 cm³/mol. The van der Waals surface area contributed by atoms with Crippen molar-refractivity contribution in [2.45, 2.75) is 39.0 Å². The van der Waals surface area contributed by atoms with Gasteiger partial charge >= 0.3 is 0 Å². The van der Waals surface area contributed by atoms with Crippen molar-refractivity contribution >= 4 is 11.3 Å². The Morgan fingerprint density at radius 2 is 2.42 bits per heavy atom. The van der Waals surface area contributed by atoms with E-state index in [4.69, 9.17) is 0 Å². The fraction of sp³-hybridized carbons (Fsp3) is 0.700. The topological polar surface area (TPSA) is 12.9 Å². The molecular formula is C10H15NS. The van der Waals surface area contributed by atoms with Crippen LogP contribution in [0.5, 0.6) is 0 Å². The Morgan fingerprint density at radius 3 is 3.00 bits per heavy atom. The number of rotatable bonds is 3. The fourth-order valence-corrected chi connectivity index (χ4v) is 2.46. The number of aromatic nitrogens is 1. The maximum absolute atomic E-state index is 4.43. The minimum absolute atomic E-state index is 0.956. The second kappa shape index (κ2) is 3.56. The van der Waals surface area contributed by atoms with Gasteiger partial charge in [-0.05, 0) is 18.8 Å². The Bertz CT molecular complexity index is 250. The number of thiazole rings is 1. The third-order valence-electron chi connectivity index (χ3n) is 2.75. The molecule has 1 aliphatic rings. The van der Waals surface area contributed by atoms with Crippen molar-refractivity contribution in [3.63, 3.8) is 0 Å². The summed E-state index contributed by atoms with van der Waals surface area (Å²) in [6, 6.07) is 0. The zero-order valence-electron chi connectivity index (χ0n) is 7.55. The van der Waals surface area contributed by atoms with Crippen LogP contribution in [0.3, 0.4) is 0 Å². The van der Waals surface area contributed by atoms with Gasteiger partial charge in [-0.2, -0.15) is 0 Å². The molecule has 0 radical (unpaired) electrons. The van der Waals surface area contributed by atoms with Gasteiger partial charge in [-0.1, -0.05) is 26.2 Å². The average molecular weight is 181 g/mol. The van der Waals surface area contributed by atoms with Gasteiger partial charge in [-0.3, -0.25) is 0 Å². The molecule has 0 unspecified atom stereocenters. The van der Waals surface area contributed by atoms with Crippen LogP contribution < -0.4 is 0 Å². The van der Waals surface area contributed by atoms with Gasteiger partial charge in [0.1, 0.15) is 0 Å². The van der Waals surface area contributed by atoms with E-state index in [2.05, 4.69) is 11.9 Å². The van der Waals surface area contributed by atoms with Crippen LogP contribution in [0.2, 0.25) is 0 Å². The van der Waals surface area contributed by atoms with Crippen molar-refractivity contribution in [3.8, 4) is 0 Å². The largest absolute Gasteiger partial charge is 0.249 e. The van der Waals surface area contributed by atoms with Gasteiger partial charge in [0.05, 0.1) is 11.2 Å². The van der Waals surface area contributed by atoms with Crippen LogP contribution in [0.15, 0.2) is 5.51 Å². The standard InChI is InChI=1S/C10H15NS/c1-2-10-9(11-7-12-10)6-8-4-3-5-8/h7-8H,2-6H2,1H3. The van der Waals surface area contributed by atoms with Gasteiger partial charge in [0.2, 0.25) is 0 Å². The van der Waals surface area contributed by atoms with Gasteiger partial charge in [0.15, 0.2) is 0 Å². The Labute approximate surface area is 77.8 Å². The molecule has 0 amide bonds. The van der Waals surface area contributed by atoms with Gasteiger partial charge in [0.25, 0.3) is 0 Å². The molecule has 2 heteroatoms. The van der Waals surface area contributed by atoms with Crippen molar-refractivity contribution in [2.24, 2.45) is 5.92 Å². The second-order valence-electron chi connectivity index (χ2n) is 3.58. The maximum atomic E-state index is 4.43. The lowest BCUT2D eigenvalue weighted by molar-refractivity contribution is 0.312. The minimum atomic E-state index is 0.956. The van der Waals surface area contributed by atoms with E-state index in [0.29, 0.717) is 0 Å². The highest BCUT2D eigenvalue weighted by Crippen LogP contribution is 2.30. The summed E-state index contributed by atoms with van der Waals surface area (Å²) in [5.74, 6) is 0.956. The highest BCUT2D eigenvalue weighted by Gasteiger charge is 2.19. The summed E-state index contributed by atoms with van der Waals surface area (Å²) in [6.07, 6.45) is 6.71. The lowest BCUT2D eigenvalue weighted by Gasteiger charge is -2.24. The van der Waals surface area contributed by atoms with Crippen LogP contribution in [-0.2, 0) is 12.8 Å². The van der Waals surface area contributed by atoms with Gasteiger partial charge in [0, 0.05) is 4.88 Å². The number of aryl methyl sites for hydroxylation is 1. The molecule has 0 saturated heterocycles. The van der Waals surface area contributed by atoms with E-state index in [0.717, 1.165) is 12.3 Å². The first-order chi connectivity index (χ1) is 5.90. The summed E-state index contributed by atoms with van der Waals surface area (Å²) in [5, 5.41) is 0. The monoisotopic (exact) mass is 181 g/mol. The fourth-order valence-electron chi connectivity index (χ4n) is 1.72. The molecule has 0 atom stereocenters. The Hall–Kier alpha value is -0.370. The minimum Gasteiger partial charge on any atom is -0.249 e. The van der Waals surface area contributed by atoms with Crippen LogP contribution in [0.1, 0.15) is 36.8 Å². The highest BCUT2D eigenvalue weighted by atomic mass is 32.1. The molecule has 1 aliphatic carbocycles. The highest BCUT2D eigenvalue weighted by molar-refractivity contribution is 7.09. The molecule has 0 spiro atoms. The molecule has 1 nitrogen and oxygen atoms in total. The number of hydrogen-bond acceptors (Lipinski definition) is 2. The van der Waals surface area contributed by atoms with Crippen molar-refractivity contribution < 1.29 is 0 Å². The molecule has 0 aliphatic heterocycles. The van der Waals surface area contributed by atoms with Crippen LogP contribution in [-0.4, -0.2) is 4.98 Å². The summed E-state index contributed by atoms with van der Waals surface area (Å²) in [7, 11) is 0. The van der Waals surface area contributed by atoms with E-state index in [1.807, 2.05) is 16.8 Å². The third kappa shape index (κ3) is 1.53. The molecular weight excluding hydrogens is 166 g/mol. The van der Waals surface area contributed by atoms with E-state index < -0.39 is 0 Å². The predicted octanol–water partition coefficient (Wildman–Crippen LogP) is 3.05. The lowest BCUT2D eigenvalue weighted by atomic mass is 9.82. The molecule has 1 aromatic heterocycles. The maximum Gasteiger partial charge on any atom is 0.0797 e. The SMILES string of the molecule is CCc1scnc1CC1CCC1. The second-order valence-corrected chi connectivity index (χ2v) is 4.52. The summed E-state index contributed by atoms with van der Waals surface area (Å²) < 4.78 is 0. The van der Waals surface area contributed by atoms with E-state index >= 15 is 0 Å². The van der Waals surface area contributed by atoms with Crippen LogP contribution in [0, 0.1) is 5.92 Å². The quantitative estimate of drug-likeness (QED) is 0.698. The molecule has 1 fully saturated rings.